The fourth-order valence-corrected chi connectivity index (χ4v) is 1.98. The van der Waals surface area contributed by atoms with E-state index >= 15 is 0 Å². The number of carbonyl (C=O) groups excluding carboxylic acids is 1. The molecule has 0 saturated heterocycles. The van der Waals surface area contributed by atoms with Crippen LogP contribution in [0.3, 0.4) is 0 Å². The minimum atomic E-state index is -0.496. The van der Waals surface area contributed by atoms with Crippen LogP contribution in [0.5, 0.6) is 5.75 Å². The topological polar surface area (TPSA) is 78.3 Å². The Bertz CT molecular complexity index is 609. The van der Waals surface area contributed by atoms with E-state index < -0.39 is 12.0 Å². The number of carbonyl (C=O) groups is 1. The second-order valence-corrected chi connectivity index (χ2v) is 4.84. The summed E-state index contributed by atoms with van der Waals surface area (Å²) >= 11 is 0. The fraction of sp³-hybridized carbons (Fsp3) is 0.188. The molecule has 2 aromatic carbocycles. The molecule has 0 heterocycles. The van der Waals surface area contributed by atoms with Crippen LogP contribution in [0.4, 0.5) is 4.39 Å². The summed E-state index contributed by atoms with van der Waals surface area (Å²) in [6.07, 6.45) is -0.412. The Labute approximate surface area is 122 Å². The molecule has 2 aromatic rings. The van der Waals surface area contributed by atoms with Gasteiger partial charge in [0.25, 0.3) is 0 Å². The van der Waals surface area contributed by atoms with Crippen molar-refractivity contribution in [3.63, 3.8) is 0 Å². The average molecular weight is 288 g/mol. The van der Waals surface area contributed by atoms with Gasteiger partial charge in [-0.15, -0.1) is 0 Å². The number of benzene rings is 2. The number of hydrogen-bond donors (Lipinski definition) is 2. The van der Waals surface area contributed by atoms with E-state index in [9.17, 15) is 9.18 Å². The molecule has 5 heteroatoms. The zero-order valence-corrected chi connectivity index (χ0v) is 11.6. The van der Waals surface area contributed by atoms with Crippen LogP contribution in [0.25, 0.3) is 0 Å². The first kappa shape index (κ1) is 15.0. The highest BCUT2D eigenvalue weighted by atomic mass is 19.1. The molecule has 0 saturated carbocycles. The zero-order chi connectivity index (χ0) is 15.4. The molecule has 0 bridgehead atoms. The molecule has 2 unspecified atom stereocenters. The van der Waals surface area contributed by atoms with Gasteiger partial charge < -0.3 is 16.2 Å². The first-order chi connectivity index (χ1) is 9.97. The van der Waals surface area contributed by atoms with E-state index in [1.807, 2.05) is 6.92 Å². The lowest BCUT2D eigenvalue weighted by Gasteiger charge is -2.23. The Morgan fingerprint density at radius 1 is 1.10 bits per heavy atom. The number of primary amides is 1. The minimum absolute atomic E-state index is 0.286. The molecule has 0 radical (unpaired) electrons. The third-order valence-electron chi connectivity index (χ3n) is 3.08. The smallest absolute Gasteiger partial charge is 0.248 e. The second kappa shape index (κ2) is 6.37. The molecule has 4 N–H and O–H groups in total. The lowest BCUT2D eigenvalue weighted by Crippen LogP contribution is -2.29. The van der Waals surface area contributed by atoms with Gasteiger partial charge in [-0.2, -0.15) is 0 Å². The number of halogens is 1. The molecule has 0 aliphatic carbocycles. The third kappa shape index (κ3) is 3.79. The molecule has 0 aliphatic rings. The van der Waals surface area contributed by atoms with Gasteiger partial charge in [-0.3, -0.25) is 4.79 Å². The van der Waals surface area contributed by atoms with Gasteiger partial charge in [-0.25, -0.2) is 4.39 Å². The van der Waals surface area contributed by atoms with Crippen LogP contribution in [0, 0.1) is 5.82 Å². The van der Waals surface area contributed by atoms with Crippen LogP contribution in [0.15, 0.2) is 48.5 Å². The summed E-state index contributed by atoms with van der Waals surface area (Å²) in [4.78, 5) is 11.0. The van der Waals surface area contributed by atoms with Crippen molar-refractivity contribution >= 4 is 5.91 Å². The van der Waals surface area contributed by atoms with E-state index in [0.717, 1.165) is 5.56 Å². The fourth-order valence-electron chi connectivity index (χ4n) is 1.98. The van der Waals surface area contributed by atoms with Gasteiger partial charge in [0, 0.05) is 11.6 Å². The molecule has 1 amide bonds. The summed E-state index contributed by atoms with van der Waals surface area (Å²) in [6, 6.07) is 12.2. The Kier molecular flexibility index (Phi) is 4.55. The van der Waals surface area contributed by atoms with Crippen LogP contribution < -0.4 is 16.2 Å². The van der Waals surface area contributed by atoms with Crippen molar-refractivity contribution < 1.29 is 13.9 Å². The number of ether oxygens (including phenoxy) is 1. The largest absolute Gasteiger partial charge is 0.484 e. The molecule has 0 aromatic heterocycles. The Morgan fingerprint density at radius 3 is 2.14 bits per heavy atom. The standard InChI is InChI=1S/C16H17FN2O2/c1-10(18)15(11-2-6-13(17)7-3-11)21-14-8-4-12(5-9-14)16(19)20/h2-10,15H,18H2,1H3,(H2,19,20). The molecule has 0 aliphatic heterocycles. The van der Waals surface area contributed by atoms with E-state index in [1.54, 1.807) is 36.4 Å². The van der Waals surface area contributed by atoms with Crippen molar-refractivity contribution in [2.24, 2.45) is 11.5 Å². The highest BCUT2D eigenvalue weighted by Crippen LogP contribution is 2.24. The van der Waals surface area contributed by atoms with Crippen molar-refractivity contribution in [1.29, 1.82) is 0 Å². The van der Waals surface area contributed by atoms with E-state index in [-0.39, 0.29) is 11.9 Å². The van der Waals surface area contributed by atoms with Crippen molar-refractivity contribution in [2.75, 3.05) is 0 Å². The van der Waals surface area contributed by atoms with Crippen molar-refractivity contribution in [1.82, 2.24) is 0 Å². The summed E-state index contributed by atoms with van der Waals surface area (Å²) < 4.78 is 18.8. The van der Waals surface area contributed by atoms with Gasteiger partial charge >= 0.3 is 0 Å². The molecule has 0 spiro atoms. The van der Waals surface area contributed by atoms with Gasteiger partial charge in [-0.1, -0.05) is 12.1 Å². The van der Waals surface area contributed by atoms with Crippen molar-refractivity contribution in [3.05, 3.63) is 65.5 Å². The molecule has 2 atom stereocenters. The van der Waals surface area contributed by atoms with Crippen LogP contribution in [0.2, 0.25) is 0 Å². The maximum absolute atomic E-state index is 13.0. The predicted octanol–water partition coefficient (Wildman–Crippen LogP) is 2.39. The van der Waals surface area contributed by atoms with Crippen LogP contribution >= 0.6 is 0 Å². The lowest BCUT2D eigenvalue weighted by molar-refractivity contribution is 0.1000. The molecule has 110 valence electrons. The molecular formula is C16H17FN2O2. The van der Waals surface area contributed by atoms with Gasteiger partial charge in [0.1, 0.15) is 17.7 Å². The SMILES string of the molecule is CC(N)C(Oc1ccc(C(N)=O)cc1)c1ccc(F)cc1. The van der Waals surface area contributed by atoms with E-state index in [1.165, 1.54) is 12.1 Å². The average Bonchev–Trinajstić information content (AvgIpc) is 2.46. The van der Waals surface area contributed by atoms with Gasteiger partial charge in [0.2, 0.25) is 5.91 Å². The molecule has 21 heavy (non-hydrogen) atoms. The van der Waals surface area contributed by atoms with Gasteiger partial charge in [0.05, 0.1) is 0 Å². The number of hydrogen-bond acceptors (Lipinski definition) is 3. The Balaban J connectivity index is 2.20. The summed E-state index contributed by atoms with van der Waals surface area (Å²) in [5.74, 6) is -0.247. The van der Waals surface area contributed by atoms with Crippen molar-refractivity contribution in [3.8, 4) is 5.75 Å². The van der Waals surface area contributed by atoms with E-state index in [4.69, 9.17) is 16.2 Å². The Hall–Kier alpha value is -2.40. The molecule has 4 nitrogen and oxygen atoms in total. The first-order valence-electron chi connectivity index (χ1n) is 6.55. The zero-order valence-electron chi connectivity index (χ0n) is 11.6. The summed E-state index contributed by atoms with van der Waals surface area (Å²) in [7, 11) is 0. The van der Waals surface area contributed by atoms with E-state index in [2.05, 4.69) is 0 Å². The predicted molar refractivity (Wildman–Crippen MR) is 78.4 cm³/mol. The molecule has 2 rings (SSSR count). The number of nitrogens with two attached hydrogens (primary N) is 2. The normalized spacial score (nSPS) is 13.5. The van der Waals surface area contributed by atoms with Crippen LogP contribution in [-0.2, 0) is 0 Å². The minimum Gasteiger partial charge on any atom is -0.484 e. The summed E-state index contributed by atoms with van der Waals surface area (Å²) in [5.41, 5.74) is 12.3. The number of amides is 1. The maximum Gasteiger partial charge on any atom is 0.248 e. The van der Waals surface area contributed by atoms with Gasteiger partial charge in [0.15, 0.2) is 0 Å². The first-order valence-corrected chi connectivity index (χ1v) is 6.55. The highest BCUT2D eigenvalue weighted by molar-refractivity contribution is 5.92. The van der Waals surface area contributed by atoms with E-state index in [0.29, 0.717) is 11.3 Å². The van der Waals surface area contributed by atoms with Crippen molar-refractivity contribution in [2.45, 2.75) is 19.1 Å². The number of rotatable bonds is 5. The Morgan fingerprint density at radius 2 is 1.67 bits per heavy atom. The molecule has 0 fully saturated rings. The van der Waals surface area contributed by atoms with Crippen LogP contribution in [0.1, 0.15) is 28.9 Å². The quantitative estimate of drug-likeness (QED) is 0.886. The summed E-state index contributed by atoms with van der Waals surface area (Å²) in [6.45, 7) is 1.81. The lowest BCUT2D eigenvalue weighted by atomic mass is 10.0. The monoisotopic (exact) mass is 288 g/mol. The maximum atomic E-state index is 13.0. The highest BCUT2D eigenvalue weighted by Gasteiger charge is 2.18. The second-order valence-electron chi connectivity index (χ2n) is 4.84. The third-order valence-corrected chi connectivity index (χ3v) is 3.08. The molecular weight excluding hydrogens is 271 g/mol. The summed E-state index contributed by atoms with van der Waals surface area (Å²) in [5, 5.41) is 0. The van der Waals surface area contributed by atoms with Crippen LogP contribution in [-0.4, -0.2) is 11.9 Å². The van der Waals surface area contributed by atoms with Gasteiger partial charge in [-0.05, 0) is 48.9 Å².